The summed E-state index contributed by atoms with van der Waals surface area (Å²) < 4.78 is 32.5. The fourth-order valence-electron chi connectivity index (χ4n) is 3.54. The van der Waals surface area contributed by atoms with Crippen LogP contribution in [0.15, 0.2) is 36.9 Å². The molecule has 0 N–H and O–H groups in total. The SMILES string of the molecule is C=C[C@H](c1cc(OC)c(OC)cc1OC)[C@H](C)C(=O)c1cc(OC)c(OC)cc1OC. The zero-order chi connectivity index (χ0) is 23.1. The number of benzene rings is 2. The molecular weight excluding hydrogens is 400 g/mol. The van der Waals surface area contributed by atoms with Crippen molar-refractivity contribution >= 4 is 5.78 Å². The molecule has 0 spiro atoms. The highest BCUT2D eigenvalue weighted by molar-refractivity contribution is 6.01. The van der Waals surface area contributed by atoms with Gasteiger partial charge in [-0.2, -0.15) is 0 Å². The minimum absolute atomic E-state index is 0.139. The van der Waals surface area contributed by atoms with E-state index in [2.05, 4.69) is 6.58 Å². The first kappa shape index (κ1) is 23.9. The fourth-order valence-corrected chi connectivity index (χ4v) is 3.54. The van der Waals surface area contributed by atoms with Crippen molar-refractivity contribution in [1.29, 1.82) is 0 Å². The van der Waals surface area contributed by atoms with Crippen LogP contribution in [0.2, 0.25) is 0 Å². The first-order chi connectivity index (χ1) is 14.9. The predicted octanol–water partition coefficient (Wildman–Crippen LogP) is 4.53. The van der Waals surface area contributed by atoms with Gasteiger partial charge in [0, 0.05) is 29.5 Å². The maximum atomic E-state index is 13.5. The monoisotopic (exact) mass is 430 g/mol. The summed E-state index contributed by atoms with van der Waals surface area (Å²) in [6.07, 6.45) is 1.72. The molecule has 168 valence electrons. The Labute approximate surface area is 183 Å². The van der Waals surface area contributed by atoms with Crippen molar-refractivity contribution in [2.75, 3.05) is 42.7 Å². The van der Waals surface area contributed by atoms with Crippen LogP contribution in [-0.2, 0) is 0 Å². The molecule has 0 saturated heterocycles. The summed E-state index contributed by atoms with van der Waals surface area (Å²) in [5.74, 6) is 1.97. The van der Waals surface area contributed by atoms with E-state index in [1.165, 1.54) is 21.3 Å². The number of allylic oxidation sites excluding steroid dienone is 1. The van der Waals surface area contributed by atoms with Crippen LogP contribution in [0, 0.1) is 5.92 Å². The number of ether oxygens (including phenoxy) is 6. The Hall–Kier alpha value is -3.35. The lowest BCUT2D eigenvalue weighted by atomic mass is 9.81. The van der Waals surface area contributed by atoms with E-state index >= 15 is 0 Å². The van der Waals surface area contributed by atoms with Crippen molar-refractivity contribution in [3.63, 3.8) is 0 Å². The Morgan fingerprint density at radius 3 is 1.58 bits per heavy atom. The van der Waals surface area contributed by atoms with E-state index in [1.807, 2.05) is 6.92 Å². The predicted molar refractivity (Wildman–Crippen MR) is 119 cm³/mol. The topological polar surface area (TPSA) is 72.5 Å². The second-order valence-electron chi connectivity index (χ2n) is 6.77. The largest absolute Gasteiger partial charge is 0.496 e. The van der Waals surface area contributed by atoms with Gasteiger partial charge >= 0.3 is 0 Å². The molecule has 0 radical (unpaired) electrons. The number of hydrogen-bond donors (Lipinski definition) is 0. The van der Waals surface area contributed by atoms with Gasteiger partial charge < -0.3 is 28.4 Å². The molecule has 0 aliphatic rings. The molecule has 0 fully saturated rings. The highest BCUT2D eigenvalue weighted by atomic mass is 16.5. The van der Waals surface area contributed by atoms with E-state index in [-0.39, 0.29) is 11.7 Å². The number of hydrogen-bond acceptors (Lipinski definition) is 7. The van der Waals surface area contributed by atoms with Gasteiger partial charge in [0.25, 0.3) is 0 Å². The van der Waals surface area contributed by atoms with E-state index in [0.29, 0.717) is 40.1 Å². The number of carbonyl (C=O) groups excluding carboxylic acids is 1. The van der Waals surface area contributed by atoms with E-state index in [4.69, 9.17) is 28.4 Å². The molecule has 0 aromatic heterocycles. The molecule has 7 heteroatoms. The van der Waals surface area contributed by atoms with E-state index in [1.54, 1.807) is 51.7 Å². The first-order valence-corrected chi connectivity index (χ1v) is 9.67. The Morgan fingerprint density at radius 1 is 0.710 bits per heavy atom. The Balaban J connectivity index is 2.56. The maximum absolute atomic E-state index is 13.5. The van der Waals surface area contributed by atoms with Crippen molar-refractivity contribution in [1.82, 2.24) is 0 Å². The third-order valence-corrected chi connectivity index (χ3v) is 5.27. The number of carbonyl (C=O) groups is 1. The molecule has 0 unspecified atom stereocenters. The molecule has 0 amide bonds. The standard InChI is InChI=1S/C24H30O7/c1-9-15(16-10-20(28-5)22(30-7)12-18(16)26-3)14(2)24(25)17-11-21(29-6)23(31-8)13-19(17)27-4/h9-15H,1H2,2-8H3/t14-,15-/m0/s1. The second kappa shape index (κ2) is 10.6. The van der Waals surface area contributed by atoms with Crippen molar-refractivity contribution in [2.45, 2.75) is 12.8 Å². The van der Waals surface area contributed by atoms with Crippen LogP contribution >= 0.6 is 0 Å². The second-order valence-corrected chi connectivity index (χ2v) is 6.77. The molecule has 2 aromatic rings. The molecule has 2 aromatic carbocycles. The van der Waals surface area contributed by atoms with Gasteiger partial charge in [0.2, 0.25) is 0 Å². The average molecular weight is 430 g/mol. The van der Waals surface area contributed by atoms with Crippen LogP contribution in [0.3, 0.4) is 0 Å². The van der Waals surface area contributed by atoms with Crippen molar-refractivity contribution in [3.8, 4) is 34.5 Å². The third kappa shape index (κ3) is 4.71. The molecule has 2 atom stereocenters. The van der Waals surface area contributed by atoms with Crippen molar-refractivity contribution < 1.29 is 33.2 Å². The van der Waals surface area contributed by atoms with E-state index < -0.39 is 5.92 Å². The van der Waals surface area contributed by atoms with Crippen LogP contribution in [0.4, 0.5) is 0 Å². The Morgan fingerprint density at radius 2 is 1.13 bits per heavy atom. The molecule has 0 heterocycles. The van der Waals surface area contributed by atoms with Gasteiger partial charge in [-0.25, -0.2) is 0 Å². The normalized spacial score (nSPS) is 12.4. The molecule has 7 nitrogen and oxygen atoms in total. The average Bonchev–Trinajstić information content (AvgIpc) is 2.82. The minimum atomic E-state index is -0.489. The molecule has 0 bridgehead atoms. The summed E-state index contributed by atoms with van der Waals surface area (Å²) in [6.45, 7) is 5.79. The summed E-state index contributed by atoms with van der Waals surface area (Å²) in [5.41, 5.74) is 1.15. The Kier molecular flexibility index (Phi) is 8.19. The van der Waals surface area contributed by atoms with Crippen molar-refractivity contribution in [3.05, 3.63) is 48.0 Å². The molecule has 0 aliphatic heterocycles. The quantitative estimate of drug-likeness (QED) is 0.383. The highest BCUT2D eigenvalue weighted by Gasteiger charge is 2.30. The van der Waals surface area contributed by atoms with Crippen LogP contribution in [0.5, 0.6) is 34.5 Å². The third-order valence-electron chi connectivity index (χ3n) is 5.27. The zero-order valence-electron chi connectivity index (χ0n) is 19.1. The van der Waals surface area contributed by atoms with Crippen LogP contribution in [0.25, 0.3) is 0 Å². The smallest absolute Gasteiger partial charge is 0.170 e. The van der Waals surface area contributed by atoms with Gasteiger partial charge in [0.15, 0.2) is 28.8 Å². The van der Waals surface area contributed by atoms with E-state index in [0.717, 1.165) is 5.56 Å². The lowest BCUT2D eigenvalue weighted by molar-refractivity contribution is 0.0917. The molecule has 0 saturated carbocycles. The van der Waals surface area contributed by atoms with Crippen LogP contribution < -0.4 is 28.4 Å². The zero-order valence-corrected chi connectivity index (χ0v) is 19.1. The summed E-state index contributed by atoms with van der Waals surface area (Å²) >= 11 is 0. The summed E-state index contributed by atoms with van der Waals surface area (Å²) in [6, 6.07) is 6.81. The van der Waals surface area contributed by atoms with Crippen molar-refractivity contribution in [2.24, 2.45) is 5.92 Å². The van der Waals surface area contributed by atoms with Gasteiger partial charge in [0.05, 0.1) is 48.2 Å². The maximum Gasteiger partial charge on any atom is 0.170 e. The fraction of sp³-hybridized carbons (Fsp3) is 0.375. The van der Waals surface area contributed by atoms with Gasteiger partial charge in [-0.15, -0.1) is 6.58 Å². The van der Waals surface area contributed by atoms with Crippen LogP contribution in [-0.4, -0.2) is 48.4 Å². The van der Waals surface area contributed by atoms with Gasteiger partial charge in [-0.1, -0.05) is 13.0 Å². The molecule has 2 rings (SSSR count). The Bertz CT molecular complexity index is 936. The summed E-state index contributed by atoms with van der Waals surface area (Å²) in [7, 11) is 9.22. The lowest BCUT2D eigenvalue weighted by Crippen LogP contribution is -2.20. The molecule has 0 aliphatic carbocycles. The summed E-state index contributed by atoms with van der Waals surface area (Å²) in [4.78, 5) is 13.5. The molecular formula is C24H30O7. The number of ketones is 1. The lowest BCUT2D eigenvalue weighted by Gasteiger charge is -2.24. The van der Waals surface area contributed by atoms with E-state index in [9.17, 15) is 4.79 Å². The number of Topliss-reactive ketones (excluding diaryl/α,β-unsaturated/α-hetero) is 1. The van der Waals surface area contributed by atoms with Gasteiger partial charge in [-0.3, -0.25) is 4.79 Å². The first-order valence-electron chi connectivity index (χ1n) is 9.67. The van der Waals surface area contributed by atoms with Gasteiger partial charge in [-0.05, 0) is 12.1 Å². The highest BCUT2D eigenvalue weighted by Crippen LogP contribution is 2.43. The number of rotatable bonds is 11. The molecule has 31 heavy (non-hydrogen) atoms. The minimum Gasteiger partial charge on any atom is -0.496 e. The van der Waals surface area contributed by atoms with Crippen LogP contribution in [0.1, 0.15) is 28.8 Å². The summed E-state index contributed by atoms with van der Waals surface area (Å²) in [5, 5.41) is 0. The number of methoxy groups -OCH3 is 6. The van der Waals surface area contributed by atoms with Gasteiger partial charge in [0.1, 0.15) is 11.5 Å².